The van der Waals surface area contributed by atoms with E-state index < -0.39 is 0 Å². The van der Waals surface area contributed by atoms with Crippen LogP contribution in [0.15, 0.2) is 30.3 Å². The second-order valence-electron chi connectivity index (χ2n) is 6.38. The van der Waals surface area contributed by atoms with Crippen LogP contribution < -0.4 is 5.32 Å². The summed E-state index contributed by atoms with van der Waals surface area (Å²) in [4.78, 5) is 14.8. The molecule has 1 spiro atoms. The molecule has 2 aliphatic rings. The number of carbonyl (C=O) groups is 1. The zero-order chi connectivity index (χ0) is 14.7. The summed E-state index contributed by atoms with van der Waals surface area (Å²) in [6.07, 6.45) is 3.35. The van der Waals surface area contributed by atoms with E-state index in [0.717, 1.165) is 44.5 Å². The summed E-state index contributed by atoms with van der Waals surface area (Å²) < 4.78 is 5.64. The van der Waals surface area contributed by atoms with Gasteiger partial charge in [0.15, 0.2) is 0 Å². The first kappa shape index (κ1) is 14.5. The van der Waals surface area contributed by atoms with E-state index in [1.165, 1.54) is 0 Å². The topological polar surface area (TPSA) is 41.6 Å². The molecule has 0 saturated carbocycles. The molecular formula is C17H24N2O2. The van der Waals surface area contributed by atoms with Crippen molar-refractivity contribution >= 4 is 5.91 Å². The number of nitrogens with zero attached hydrogens (tertiary/aromatic N) is 1. The van der Waals surface area contributed by atoms with Crippen molar-refractivity contribution < 1.29 is 9.53 Å². The van der Waals surface area contributed by atoms with Crippen LogP contribution in [0.4, 0.5) is 0 Å². The average Bonchev–Trinajstić information content (AvgIpc) is 2.53. The Kier molecular flexibility index (Phi) is 4.27. The molecule has 0 bridgehead atoms. The maximum absolute atomic E-state index is 12.4. The number of carbonyl (C=O) groups excluding carboxylic acids is 1. The lowest BCUT2D eigenvalue weighted by atomic mass is 9.69. The number of nitrogens with one attached hydrogen (secondary N) is 1. The predicted octanol–water partition coefficient (Wildman–Crippen LogP) is 1.92. The molecule has 0 radical (unpaired) electrons. The summed E-state index contributed by atoms with van der Waals surface area (Å²) in [5, 5.41) is 3.23. The van der Waals surface area contributed by atoms with Crippen molar-refractivity contribution in [2.24, 2.45) is 5.41 Å². The SMILES string of the molecule is CN1CCC2(CCOC[C@H]2NC(=O)c2ccccc2)CC1. The van der Waals surface area contributed by atoms with Crippen LogP contribution in [0.1, 0.15) is 29.6 Å². The third-order valence-electron chi connectivity index (χ3n) is 5.09. The molecule has 1 aromatic carbocycles. The lowest BCUT2D eigenvalue weighted by molar-refractivity contribution is -0.0449. The van der Waals surface area contributed by atoms with E-state index >= 15 is 0 Å². The highest BCUT2D eigenvalue weighted by Gasteiger charge is 2.43. The number of piperidine rings is 1. The molecule has 3 rings (SSSR count). The molecule has 4 nitrogen and oxygen atoms in total. The van der Waals surface area contributed by atoms with Crippen LogP contribution >= 0.6 is 0 Å². The number of likely N-dealkylation sites (tertiary alicyclic amines) is 1. The molecule has 0 unspecified atom stereocenters. The fourth-order valence-electron chi connectivity index (χ4n) is 3.52. The second kappa shape index (κ2) is 6.16. The van der Waals surface area contributed by atoms with Crippen LogP contribution in [0.2, 0.25) is 0 Å². The van der Waals surface area contributed by atoms with Gasteiger partial charge in [0, 0.05) is 12.2 Å². The van der Waals surface area contributed by atoms with Gasteiger partial charge in [-0.3, -0.25) is 4.79 Å². The molecule has 0 aliphatic carbocycles. The molecule has 2 saturated heterocycles. The molecule has 1 amide bonds. The largest absolute Gasteiger partial charge is 0.379 e. The second-order valence-corrected chi connectivity index (χ2v) is 6.38. The van der Waals surface area contributed by atoms with E-state index in [1.807, 2.05) is 30.3 Å². The summed E-state index contributed by atoms with van der Waals surface area (Å²) in [5.41, 5.74) is 0.945. The Morgan fingerprint density at radius 1 is 1.24 bits per heavy atom. The Hall–Kier alpha value is -1.39. The van der Waals surface area contributed by atoms with Crippen molar-refractivity contribution in [3.8, 4) is 0 Å². The summed E-state index contributed by atoms with van der Waals surface area (Å²) >= 11 is 0. The Balaban J connectivity index is 1.71. The first-order chi connectivity index (χ1) is 10.2. The van der Waals surface area contributed by atoms with Gasteiger partial charge in [-0.05, 0) is 56.9 Å². The van der Waals surface area contributed by atoms with Crippen LogP contribution in [0.25, 0.3) is 0 Å². The monoisotopic (exact) mass is 288 g/mol. The fraction of sp³-hybridized carbons (Fsp3) is 0.588. The summed E-state index contributed by atoms with van der Waals surface area (Å²) in [7, 11) is 2.17. The van der Waals surface area contributed by atoms with Gasteiger partial charge >= 0.3 is 0 Å². The predicted molar refractivity (Wildman–Crippen MR) is 82.3 cm³/mol. The molecule has 1 N–H and O–H groups in total. The first-order valence-electron chi connectivity index (χ1n) is 7.82. The third kappa shape index (κ3) is 3.11. The molecule has 2 heterocycles. The average molecular weight is 288 g/mol. The summed E-state index contributed by atoms with van der Waals surface area (Å²) in [6, 6.07) is 9.59. The van der Waals surface area contributed by atoms with Gasteiger partial charge in [-0.15, -0.1) is 0 Å². The highest BCUT2D eigenvalue weighted by Crippen LogP contribution is 2.40. The number of hydrogen-bond donors (Lipinski definition) is 1. The van der Waals surface area contributed by atoms with Crippen molar-refractivity contribution in [3.63, 3.8) is 0 Å². The summed E-state index contributed by atoms with van der Waals surface area (Å²) in [5.74, 6) is 0.0180. The Morgan fingerprint density at radius 3 is 2.67 bits per heavy atom. The van der Waals surface area contributed by atoms with Crippen molar-refractivity contribution in [1.29, 1.82) is 0 Å². The van der Waals surface area contributed by atoms with E-state index in [-0.39, 0.29) is 17.4 Å². The van der Waals surface area contributed by atoms with Crippen molar-refractivity contribution in [2.75, 3.05) is 33.4 Å². The standard InChI is InChI=1S/C17H24N2O2/c1-19-10-7-17(8-11-19)9-12-21-13-15(17)18-16(20)14-5-3-2-4-6-14/h2-6,15H,7-13H2,1H3,(H,18,20)/t15-/m1/s1. The van der Waals surface area contributed by atoms with E-state index in [4.69, 9.17) is 4.74 Å². The highest BCUT2D eigenvalue weighted by atomic mass is 16.5. The smallest absolute Gasteiger partial charge is 0.251 e. The summed E-state index contributed by atoms with van der Waals surface area (Å²) in [6.45, 7) is 3.68. The number of rotatable bonds is 2. The maximum Gasteiger partial charge on any atom is 0.251 e. The molecular weight excluding hydrogens is 264 g/mol. The van der Waals surface area contributed by atoms with E-state index in [1.54, 1.807) is 0 Å². The quantitative estimate of drug-likeness (QED) is 0.904. The maximum atomic E-state index is 12.4. The molecule has 2 aliphatic heterocycles. The van der Waals surface area contributed by atoms with Gasteiger partial charge in [-0.25, -0.2) is 0 Å². The third-order valence-corrected chi connectivity index (χ3v) is 5.09. The van der Waals surface area contributed by atoms with Crippen LogP contribution in [-0.2, 0) is 4.74 Å². The number of amides is 1. The molecule has 114 valence electrons. The number of benzene rings is 1. The number of hydrogen-bond acceptors (Lipinski definition) is 3. The van der Waals surface area contributed by atoms with Gasteiger partial charge in [0.2, 0.25) is 0 Å². The van der Waals surface area contributed by atoms with Crippen LogP contribution in [0.5, 0.6) is 0 Å². The van der Waals surface area contributed by atoms with Gasteiger partial charge in [0.1, 0.15) is 0 Å². The van der Waals surface area contributed by atoms with Gasteiger partial charge in [0.25, 0.3) is 5.91 Å². The fourth-order valence-corrected chi connectivity index (χ4v) is 3.52. The minimum absolute atomic E-state index is 0.0180. The molecule has 2 fully saturated rings. The zero-order valence-electron chi connectivity index (χ0n) is 12.7. The first-order valence-corrected chi connectivity index (χ1v) is 7.82. The molecule has 0 aromatic heterocycles. The minimum atomic E-state index is 0.0180. The van der Waals surface area contributed by atoms with E-state index in [2.05, 4.69) is 17.3 Å². The molecule has 21 heavy (non-hydrogen) atoms. The van der Waals surface area contributed by atoms with E-state index in [9.17, 15) is 4.79 Å². The molecule has 1 atom stereocenters. The number of ether oxygens (including phenoxy) is 1. The molecule has 4 heteroatoms. The van der Waals surface area contributed by atoms with Gasteiger partial charge in [-0.2, -0.15) is 0 Å². The Morgan fingerprint density at radius 2 is 1.95 bits per heavy atom. The van der Waals surface area contributed by atoms with Gasteiger partial charge in [0.05, 0.1) is 12.6 Å². The van der Waals surface area contributed by atoms with Crippen molar-refractivity contribution in [2.45, 2.75) is 25.3 Å². The minimum Gasteiger partial charge on any atom is -0.379 e. The normalized spacial score (nSPS) is 25.7. The zero-order valence-corrected chi connectivity index (χ0v) is 12.7. The Labute approximate surface area is 126 Å². The van der Waals surface area contributed by atoms with Crippen LogP contribution in [-0.4, -0.2) is 50.2 Å². The van der Waals surface area contributed by atoms with Crippen molar-refractivity contribution in [1.82, 2.24) is 10.2 Å². The van der Waals surface area contributed by atoms with Gasteiger partial charge < -0.3 is 15.0 Å². The van der Waals surface area contributed by atoms with E-state index in [0.29, 0.717) is 6.61 Å². The highest BCUT2D eigenvalue weighted by molar-refractivity contribution is 5.94. The van der Waals surface area contributed by atoms with Crippen LogP contribution in [0, 0.1) is 5.41 Å². The Bertz CT molecular complexity index is 481. The molecule has 1 aromatic rings. The van der Waals surface area contributed by atoms with Crippen molar-refractivity contribution in [3.05, 3.63) is 35.9 Å². The van der Waals surface area contributed by atoms with Gasteiger partial charge in [-0.1, -0.05) is 18.2 Å². The lowest BCUT2D eigenvalue weighted by Gasteiger charge is -2.48. The lowest BCUT2D eigenvalue weighted by Crippen LogP contribution is -2.57. The van der Waals surface area contributed by atoms with Crippen LogP contribution in [0.3, 0.4) is 0 Å².